The maximum atomic E-state index is 13.2. The molecule has 1 aromatic rings. The van der Waals surface area contributed by atoms with Crippen molar-refractivity contribution in [3.63, 3.8) is 0 Å². The Hall–Kier alpha value is -0.810. The Morgan fingerprint density at radius 2 is 1.89 bits per heavy atom. The molecule has 1 aromatic carbocycles. The summed E-state index contributed by atoms with van der Waals surface area (Å²) in [6, 6.07) is 1.82. The van der Waals surface area contributed by atoms with Gasteiger partial charge in [0.05, 0.1) is 5.69 Å². The molecule has 1 amide bonds. The van der Waals surface area contributed by atoms with Gasteiger partial charge in [-0.1, -0.05) is 0 Å². The van der Waals surface area contributed by atoms with Crippen molar-refractivity contribution < 1.29 is 22.0 Å². The summed E-state index contributed by atoms with van der Waals surface area (Å²) >= 11 is 1.75. The van der Waals surface area contributed by atoms with Crippen LogP contribution in [0.15, 0.2) is 12.1 Å². The lowest BCUT2D eigenvalue weighted by molar-refractivity contribution is -0.117. The number of nitrogens with zero attached hydrogens (tertiary/aromatic N) is 1. The molecule has 1 aliphatic rings. The minimum absolute atomic E-state index is 0.149. The maximum Gasteiger partial charge on any atom is 0.228 e. The van der Waals surface area contributed by atoms with Gasteiger partial charge in [0.15, 0.2) is 11.6 Å². The average molecular weight is 402 g/mol. The van der Waals surface area contributed by atoms with E-state index in [1.165, 1.54) is 0 Å². The van der Waals surface area contributed by atoms with Gasteiger partial charge in [-0.25, -0.2) is 22.3 Å². The van der Waals surface area contributed by atoms with Crippen LogP contribution in [0.3, 0.4) is 0 Å². The van der Waals surface area contributed by atoms with Crippen molar-refractivity contribution in [3.05, 3.63) is 27.3 Å². The number of nitrogens with two attached hydrogens (primary N) is 1. The van der Waals surface area contributed by atoms with Gasteiger partial charge in [0.2, 0.25) is 15.9 Å². The fraction of sp³-hybridized carbons (Fsp3) is 0.300. The number of anilines is 1. The molecule has 1 atom stereocenters. The Balaban J connectivity index is 2.39. The molecule has 1 saturated heterocycles. The number of amides is 1. The molecule has 0 spiro atoms. The summed E-state index contributed by atoms with van der Waals surface area (Å²) in [5, 5.41) is 3.97. The van der Waals surface area contributed by atoms with E-state index in [0.717, 1.165) is 17.0 Å². The Morgan fingerprint density at radius 3 is 2.42 bits per heavy atom. The lowest BCUT2D eigenvalue weighted by Gasteiger charge is -2.18. The molecule has 0 radical (unpaired) electrons. The van der Waals surface area contributed by atoms with E-state index >= 15 is 0 Å². The van der Waals surface area contributed by atoms with Crippen LogP contribution in [0.5, 0.6) is 0 Å². The molecule has 0 aliphatic carbocycles. The highest BCUT2D eigenvalue weighted by Gasteiger charge is 2.38. The highest BCUT2D eigenvalue weighted by molar-refractivity contribution is 14.1. The summed E-state index contributed by atoms with van der Waals surface area (Å²) in [6.07, 6.45) is -0.256. The Morgan fingerprint density at radius 1 is 1.32 bits per heavy atom. The van der Waals surface area contributed by atoms with Crippen molar-refractivity contribution in [1.29, 1.82) is 0 Å². The molecule has 1 heterocycles. The van der Waals surface area contributed by atoms with Crippen LogP contribution in [-0.4, -0.2) is 26.1 Å². The maximum absolute atomic E-state index is 13.2. The Labute approximate surface area is 122 Å². The zero-order valence-corrected chi connectivity index (χ0v) is 12.4. The molecule has 0 bridgehead atoms. The molecule has 104 valence electrons. The van der Waals surface area contributed by atoms with Gasteiger partial charge in [-0.3, -0.25) is 4.79 Å². The van der Waals surface area contributed by atoms with Crippen LogP contribution in [0.2, 0.25) is 0 Å². The van der Waals surface area contributed by atoms with E-state index in [0.29, 0.717) is 3.57 Å². The highest BCUT2D eigenvalue weighted by atomic mass is 127. The van der Waals surface area contributed by atoms with Gasteiger partial charge in [-0.05, 0) is 28.7 Å². The molecule has 1 fully saturated rings. The molecule has 0 aromatic heterocycles. The molecule has 2 N–H and O–H groups in total. The molecular formula is C10H9F2IN2O3S. The minimum atomic E-state index is -3.84. The first-order valence-electron chi connectivity index (χ1n) is 5.16. The molecule has 1 unspecified atom stereocenters. The monoisotopic (exact) mass is 402 g/mol. The van der Waals surface area contributed by atoms with Crippen molar-refractivity contribution in [2.75, 3.05) is 11.4 Å². The van der Waals surface area contributed by atoms with Crippen molar-refractivity contribution in [2.45, 2.75) is 11.7 Å². The van der Waals surface area contributed by atoms with E-state index in [1.54, 1.807) is 22.6 Å². The van der Waals surface area contributed by atoms with Crippen molar-refractivity contribution >= 4 is 44.2 Å². The third-order valence-electron chi connectivity index (χ3n) is 2.83. The summed E-state index contributed by atoms with van der Waals surface area (Å²) in [6.45, 7) is -0.154. The lowest BCUT2D eigenvalue weighted by atomic mass is 10.3. The Kier molecular flexibility index (Phi) is 3.80. The lowest BCUT2D eigenvalue weighted by Crippen LogP contribution is -2.32. The van der Waals surface area contributed by atoms with Crippen LogP contribution in [0.4, 0.5) is 14.5 Å². The van der Waals surface area contributed by atoms with Gasteiger partial charge in [-0.2, -0.15) is 0 Å². The fourth-order valence-corrected chi connectivity index (χ4v) is 3.30. The van der Waals surface area contributed by atoms with Gasteiger partial charge in [0.1, 0.15) is 5.25 Å². The first-order valence-corrected chi connectivity index (χ1v) is 7.85. The number of rotatable bonds is 2. The summed E-state index contributed by atoms with van der Waals surface area (Å²) in [5.74, 6) is -2.60. The van der Waals surface area contributed by atoms with Crippen molar-refractivity contribution in [2.24, 2.45) is 5.14 Å². The SMILES string of the molecule is NS(=O)(=O)C1CC(=O)N(c2cc(F)c(F)cc2I)C1. The van der Waals surface area contributed by atoms with Gasteiger partial charge in [-0.15, -0.1) is 0 Å². The number of primary sulfonamides is 1. The molecule has 9 heteroatoms. The number of hydrogen-bond acceptors (Lipinski definition) is 3. The van der Waals surface area contributed by atoms with Crippen LogP contribution in [0.1, 0.15) is 6.42 Å². The number of carbonyl (C=O) groups excluding carboxylic acids is 1. The highest BCUT2D eigenvalue weighted by Crippen LogP contribution is 2.30. The van der Waals surface area contributed by atoms with E-state index in [-0.39, 0.29) is 18.7 Å². The molecule has 19 heavy (non-hydrogen) atoms. The van der Waals surface area contributed by atoms with E-state index in [4.69, 9.17) is 5.14 Å². The molecule has 0 saturated carbocycles. The van der Waals surface area contributed by atoms with Crippen LogP contribution < -0.4 is 10.0 Å². The summed E-state index contributed by atoms with van der Waals surface area (Å²) in [7, 11) is -3.84. The first kappa shape index (κ1) is 14.6. The van der Waals surface area contributed by atoms with Gasteiger partial charge in [0, 0.05) is 22.6 Å². The van der Waals surface area contributed by atoms with Crippen molar-refractivity contribution in [3.8, 4) is 0 Å². The fourth-order valence-electron chi connectivity index (χ4n) is 1.85. The second-order valence-electron chi connectivity index (χ2n) is 4.14. The van der Waals surface area contributed by atoms with Crippen LogP contribution in [0, 0.1) is 15.2 Å². The number of hydrogen-bond donors (Lipinski definition) is 1. The first-order chi connectivity index (χ1) is 8.70. The predicted molar refractivity (Wildman–Crippen MR) is 72.9 cm³/mol. The number of sulfonamides is 1. The van der Waals surface area contributed by atoms with E-state index < -0.39 is 32.8 Å². The normalized spacial score (nSPS) is 20.1. The number of carbonyl (C=O) groups is 1. The molecular weight excluding hydrogens is 393 g/mol. The second kappa shape index (κ2) is 4.94. The zero-order valence-electron chi connectivity index (χ0n) is 9.44. The van der Waals surface area contributed by atoms with Gasteiger partial charge in [0.25, 0.3) is 0 Å². The van der Waals surface area contributed by atoms with E-state index in [2.05, 4.69) is 0 Å². The van der Waals surface area contributed by atoms with Crippen LogP contribution in [0.25, 0.3) is 0 Å². The second-order valence-corrected chi connectivity index (χ2v) is 7.14. The number of benzene rings is 1. The van der Waals surface area contributed by atoms with E-state index in [9.17, 15) is 22.0 Å². The summed E-state index contributed by atoms with van der Waals surface area (Å²) in [5.41, 5.74) is 0.149. The summed E-state index contributed by atoms with van der Waals surface area (Å²) < 4.78 is 49.0. The zero-order chi connectivity index (χ0) is 14.4. The smallest absolute Gasteiger partial charge is 0.228 e. The largest absolute Gasteiger partial charge is 0.310 e. The topological polar surface area (TPSA) is 80.5 Å². The minimum Gasteiger partial charge on any atom is -0.310 e. The average Bonchev–Trinajstić information content (AvgIpc) is 2.65. The number of halogens is 3. The standard InChI is InChI=1S/C10H9F2IN2O3S/c11-6-2-8(13)9(3-7(6)12)15-4-5(1-10(15)16)19(14,17)18/h2-3,5H,1,4H2,(H2,14,17,18). The van der Waals surface area contributed by atoms with E-state index in [1.807, 2.05) is 0 Å². The third-order valence-corrected chi connectivity index (χ3v) is 4.94. The quantitative estimate of drug-likeness (QED) is 0.592. The molecule has 1 aliphatic heterocycles. The summed E-state index contributed by atoms with van der Waals surface area (Å²) in [4.78, 5) is 12.9. The third kappa shape index (κ3) is 2.87. The van der Waals surface area contributed by atoms with Crippen LogP contribution >= 0.6 is 22.6 Å². The Bertz CT molecular complexity index is 650. The van der Waals surface area contributed by atoms with Gasteiger partial charge >= 0.3 is 0 Å². The molecule has 2 rings (SSSR count). The molecule has 5 nitrogen and oxygen atoms in total. The predicted octanol–water partition coefficient (Wildman–Crippen LogP) is 0.963. The van der Waals surface area contributed by atoms with Crippen molar-refractivity contribution in [1.82, 2.24) is 0 Å². The van der Waals surface area contributed by atoms with Gasteiger partial charge < -0.3 is 4.90 Å². The van der Waals surface area contributed by atoms with Crippen LogP contribution in [-0.2, 0) is 14.8 Å².